The Bertz CT molecular complexity index is 1330. The molecule has 4 aromatic rings. The Morgan fingerprint density at radius 1 is 0.606 bits per heavy atom. The summed E-state index contributed by atoms with van der Waals surface area (Å²) in [5, 5.41) is 2.82. The van der Waals surface area contributed by atoms with Gasteiger partial charge >= 0.3 is 0 Å². The minimum Gasteiger partial charge on any atom is -0.457 e. The lowest BCUT2D eigenvalue weighted by atomic mass is 9.62. The first kappa shape index (κ1) is 20.1. The number of nitrogens with zero attached hydrogens (tertiary/aromatic N) is 1. The van der Waals surface area contributed by atoms with Crippen molar-refractivity contribution in [3.05, 3.63) is 107 Å². The first-order valence-electron chi connectivity index (χ1n) is 11.0. The number of benzene rings is 4. The summed E-state index contributed by atoms with van der Waals surface area (Å²) < 4.78 is 15.6. The van der Waals surface area contributed by atoms with Crippen LogP contribution in [0.1, 0.15) is 22.3 Å². The molecule has 0 aromatic heterocycles. The van der Waals surface area contributed by atoms with Crippen LogP contribution in [0, 0.1) is 0 Å². The summed E-state index contributed by atoms with van der Waals surface area (Å²) in [5.74, 6) is 3.80. The van der Waals surface area contributed by atoms with Gasteiger partial charge in [0.25, 0.3) is 0 Å². The van der Waals surface area contributed by atoms with Gasteiger partial charge in [-0.2, -0.15) is 0 Å². The summed E-state index contributed by atoms with van der Waals surface area (Å²) in [5.41, 5.74) is 4.56. The number of hydrogen-bond acceptors (Lipinski definition) is 3. The minimum atomic E-state index is -0.449. The number of fused-ring (bicyclic) bond motifs is 2. The third-order valence-corrected chi connectivity index (χ3v) is 16.3. The SMILES string of the molecule is CN(C)P1Pc2cccc3c2C2(c4ccccc4O3)c3ccccc3Oc3cccc(c32)P1. The van der Waals surface area contributed by atoms with E-state index in [1.165, 1.54) is 32.9 Å². The van der Waals surface area contributed by atoms with Gasteiger partial charge in [0.2, 0.25) is 0 Å². The van der Waals surface area contributed by atoms with Crippen LogP contribution in [0.2, 0.25) is 0 Å². The minimum absolute atomic E-state index is 0.332. The Morgan fingerprint density at radius 2 is 1.06 bits per heavy atom. The van der Waals surface area contributed by atoms with E-state index in [1.54, 1.807) is 0 Å². The Balaban J connectivity index is 1.71. The maximum atomic E-state index is 6.60. The molecular formula is C27H22NO2P3. The summed E-state index contributed by atoms with van der Waals surface area (Å²) in [4.78, 5) is 0. The van der Waals surface area contributed by atoms with Crippen molar-refractivity contribution in [2.45, 2.75) is 5.41 Å². The molecule has 3 aliphatic heterocycles. The molecule has 2 atom stereocenters. The lowest BCUT2D eigenvalue weighted by Gasteiger charge is -2.48. The van der Waals surface area contributed by atoms with E-state index < -0.39 is 5.41 Å². The van der Waals surface area contributed by atoms with Gasteiger partial charge in [0.05, 0.1) is 5.41 Å². The largest absolute Gasteiger partial charge is 0.457 e. The zero-order chi connectivity index (χ0) is 22.2. The molecule has 6 heteroatoms. The molecule has 3 aliphatic rings. The summed E-state index contributed by atoms with van der Waals surface area (Å²) in [7, 11) is 5.57. The van der Waals surface area contributed by atoms with E-state index in [4.69, 9.17) is 9.47 Å². The van der Waals surface area contributed by atoms with Crippen molar-refractivity contribution in [1.82, 2.24) is 4.67 Å². The highest BCUT2D eigenvalue weighted by Crippen LogP contribution is 2.73. The second-order valence-corrected chi connectivity index (χ2v) is 16.9. The molecule has 162 valence electrons. The van der Waals surface area contributed by atoms with Crippen molar-refractivity contribution in [2.75, 3.05) is 14.1 Å². The summed E-state index contributed by atoms with van der Waals surface area (Å²) in [6.45, 7) is 0. The van der Waals surface area contributed by atoms with E-state index in [9.17, 15) is 0 Å². The fourth-order valence-corrected chi connectivity index (χ4v) is 14.0. The van der Waals surface area contributed by atoms with Gasteiger partial charge in [-0.1, -0.05) is 60.7 Å². The predicted octanol–water partition coefficient (Wildman–Crippen LogP) is 6.69. The van der Waals surface area contributed by atoms with Gasteiger partial charge in [-0.25, -0.2) is 0 Å². The van der Waals surface area contributed by atoms with Gasteiger partial charge in [-0.05, 0) is 65.5 Å². The molecular weight excluding hydrogens is 463 g/mol. The molecule has 0 aliphatic carbocycles. The third-order valence-electron chi connectivity index (χ3n) is 6.68. The lowest BCUT2D eigenvalue weighted by molar-refractivity contribution is 0.402. The van der Waals surface area contributed by atoms with Crippen molar-refractivity contribution in [1.29, 1.82) is 0 Å². The molecule has 0 bridgehead atoms. The Hall–Kier alpha value is -2.27. The second kappa shape index (κ2) is 7.36. The molecule has 0 saturated carbocycles. The monoisotopic (exact) mass is 485 g/mol. The average molecular weight is 485 g/mol. The van der Waals surface area contributed by atoms with Crippen LogP contribution < -0.4 is 20.1 Å². The summed E-state index contributed by atoms with van der Waals surface area (Å²) in [6, 6.07) is 30.4. The average Bonchev–Trinajstić information content (AvgIpc) is 2.82. The fourth-order valence-electron chi connectivity index (χ4n) is 5.43. The van der Waals surface area contributed by atoms with Gasteiger partial charge in [0.15, 0.2) is 0 Å². The van der Waals surface area contributed by atoms with E-state index in [0.29, 0.717) is 0 Å². The Kier molecular flexibility index (Phi) is 4.49. The van der Waals surface area contributed by atoms with Crippen molar-refractivity contribution >= 4 is 34.6 Å². The predicted molar refractivity (Wildman–Crippen MR) is 141 cm³/mol. The summed E-state index contributed by atoms with van der Waals surface area (Å²) >= 11 is 0. The molecule has 0 saturated heterocycles. The zero-order valence-corrected chi connectivity index (χ0v) is 21.2. The highest BCUT2D eigenvalue weighted by Gasteiger charge is 2.53. The van der Waals surface area contributed by atoms with Crippen molar-refractivity contribution in [3.63, 3.8) is 0 Å². The van der Waals surface area contributed by atoms with Crippen molar-refractivity contribution < 1.29 is 9.47 Å². The molecule has 3 heterocycles. The smallest absolute Gasteiger partial charge is 0.132 e. The first-order valence-corrected chi connectivity index (χ1v) is 16.0. The highest BCUT2D eigenvalue weighted by molar-refractivity contribution is 8.53. The van der Waals surface area contributed by atoms with Gasteiger partial charge in [0.1, 0.15) is 23.0 Å². The molecule has 3 nitrogen and oxygen atoms in total. The summed E-state index contributed by atoms with van der Waals surface area (Å²) in [6.07, 6.45) is 0. The second-order valence-electron chi connectivity index (χ2n) is 8.69. The van der Waals surface area contributed by atoms with Crippen molar-refractivity contribution in [3.8, 4) is 23.0 Å². The van der Waals surface area contributed by atoms with E-state index in [1.807, 2.05) is 0 Å². The molecule has 4 aromatic carbocycles. The van der Waals surface area contributed by atoms with Crippen LogP contribution in [0.4, 0.5) is 0 Å². The molecule has 2 unspecified atom stereocenters. The van der Waals surface area contributed by atoms with Crippen LogP contribution in [0.5, 0.6) is 23.0 Å². The number of rotatable bonds is 1. The highest BCUT2D eigenvalue weighted by atomic mass is 32.4. The molecule has 0 amide bonds. The standard InChI is InChI=1S/C27H22NO2P3/c1-28(2)33-31-23-15-7-13-21-25(23)27(17-9-3-5-11-19(17)29-21)18-10-4-6-12-20(18)30-22-14-8-16-24(32-33)26(22)27/h3-16,31-32H,1-2H3. The van der Waals surface area contributed by atoms with Crippen LogP contribution in [-0.2, 0) is 5.41 Å². The van der Waals surface area contributed by atoms with Gasteiger partial charge in [0, 0.05) is 29.7 Å². The van der Waals surface area contributed by atoms with E-state index in [0.717, 1.165) is 39.5 Å². The molecule has 0 N–H and O–H groups in total. The first-order chi connectivity index (χ1) is 16.2. The van der Waals surface area contributed by atoms with Gasteiger partial charge in [-0.3, -0.25) is 4.67 Å². The van der Waals surface area contributed by atoms with Crippen molar-refractivity contribution in [2.24, 2.45) is 0 Å². The van der Waals surface area contributed by atoms with Gasteiger partial charge in [-0.15, -0.1) is 0 Å². The van der Waals surface area contributed by atoms with E-state index in [2.05, 4.69) is 104 Å². The molecule has 0 fully saturated rings. The quantitative estimate of drug-likeness (QED) is 0.242. The number of ether oxygens (including phenoxy) is 2. The Labute approximate surface area is 198 Å². The van der Waals surface area contributed by atoms with Crippen LogP contribution >= 0.6 is 24.0 Å². The third kappa shape index (κ3) is 2.72. The lowest BCUT2D eigenvalue weighted by Crippen LogP contribution is -2.43. The van der Waals surface area contributed by atoms with Gasteiger partial charge < -0.3 is 9.47 Å². The molecule has 7 rings (SSSR count). The maximum Gasteiger partial charge on any atom is 0.132 e. The number of hydrogen-bond donors (Lipinski definition) is 0. The molecule has 33 heavy (non-hydrogen) atoms. The molecule has 1 spiro atoms. The van der Waals surface area contributed by atoms with Crippen LogP contribution in [0.15, 0.2) is 84.9 Å². The van der Waals surface area contributed by atoms with E-state index in [-0.39, 0.29) is 7.45 Å². The number of para-hydroxylation sites is 2. The maximum absolute atomic E-state index is 6.60. The molecule has 0 radical (unpaired) electrons. The normalized spacial score (nSPS) is 22.8. The van der Waals surface area contributed by atoms with Crippen LogP contribution in [0.25, 0.3) is 0 Å². The Morgan fingerprint density at radius 3 is 1.55 bits per heavy atom. The van der Waals surface area contributed by atoms with Crippen LogP contribution in [-0.4, -0.2) is 18.8 Å². The fraction of sp³-hybridized carbons (Fsp3) is 0.111. The zero-order valence-electron chi connectivity index (χ0n) is 18.3. The van der Waals surface area contributed by atoms with Crippen LogP contribution in [0.3, 0.4) is 0 Å². The topological polar surface area (TPSA) is 21.7 Å². The van der Waals surface area contributed by atoms with E-state index >= 15 is 0 Å².